The van der Waals surface area contributed by atoms with Crippen LogP contribution in [0.2, 0.25) is 0 Å². The number of thioether (sulfide) groups is 1. The van der Waals surface area contributed by atoms with Gasteiger partial charge in [-0.2, -0.15) is 13.2 Å². The molecule has 3 aromatic heterocycles. The lowest BCUT2D eigenvalue weighted by molar-refractivity contribution is -0.137. The molecule has 0 fully saturated rings. The Labute approximate surface area is 191 Å². The number of hydrogen-bond donors (Lipinski definition) is 2. The molecule has 0 atom stereocenters. The second kappa shape index (κ2) is 9.46. The highest BCUT2D eigenvalue weighted by molar-refractivity contribution is 8.01. The molecule has 0 bridgehead atoms. The van der Waals surface area contributed by atoms with Crippen molar-refractivity contribution in [3.8, 4) is 11.5 Å². The molecule has 1 aromatic carbocycles. The molecule has 0 unspecified atom stereocenters. The van der Waals surface area contributed by atoms with Crippen molar-refractivity contribution in [1.82, 2.24) is 15.4 Å². The van der Waals surface area contributed by atoms with Gasteiger partial charge in [0.15, 0.2) is 15.8 Å². The van der Waals surface area contributed by atoms with E-state index in [0.29, 0.717) is 10.1 Å². The lowest BCUT2D eigenvalue weighted by atomic mass is 10.1. The molecule has 2 amide bonds. The number of anilines is 2. The molecule has 14 heteroatoms. The van der Waals surface area contributed by atoms with E-state index in [2.05, 4.69) is 26.0 Å². The van der Waals surface area contributed by atoms with Gasteiger partial charge in [-0.1, -0.05) is 40.4 Å². The number of hydrogen-bond acceptors (Lipinski definition) is 9. The van der Waals surface area contributed by atoms with E-state index in [1.54, 1.807) is 12.1 Å². The fourth-order valence-electron chi connectivity index (χ4n) is 2.55. The smallest absolute Gasteiger partial charge is 0.418 e. The highest BCUT2D eigenvalue weighted by atomic mass is 32.2. The summed E-state index contributed by atoms with van der Waals surface area (Å²) < 4.78 is 49.6. The van der Waals surface area contributed by atoms with Crippen LogP contribution in [0.25, 0.3) is 11.5 Å². The van der Waals surface area contributed by atoms with Crippen LogP contribution in [0.3, 0.4) is 0 Å². The number of amides is 2. The van der Waals surface area contributed by atoms with Gasteiger partial charge in [0.2, 0.25) is 16.8 Å². The largest absolute Gasteiger partial charge is 0.461 e. The van der Waals surface area contributed by atoms with Crippen LogP contribution in [0.1, 0.15) is 16.1 Å². The molecule has 4 aromatic rings. The van der Waals surface area contributed by atoms with Crippen molar-refractivity contribution in [3.05, 3.63) is 60.0 Å². The lowest BCUT2D eigenvalue weighted by Gasteiger charge is -2.13. The van der Waals surface area contributed by atoms with E-state index in [4.69, 9.17) is 8.94 Å². The number of carbonyl (C=O) groups is 2. The normalized spacial score (nSPS) is 11.4. The third-order valence-electron chi connectivity index (χ3n) is 3.97. The molecule has 0 saturated carbocycles. The van der Waals surface area contributed by atoms with Crippen LogP contribution in [0, 0.1) is 0 Å². The Balaban J connectivity index is 1.31. The van der Waals surface area contributed by atoms with Gasteiger partial charge < -0.3 is 14.3 Å². The fraction of sp³-hybridized carbons (Fsp3) is 0.105. The van der Waals surface area contributed by atoms with Gasteiger partial charge in [0.25, 0.3) is 5.91 Å². The maximum atomic E-state index is 13.0. The average Bonchev–Trinajstić information content (AvgIpc) is 3.53. The van der Waals surface area contributed by atoms with Crippen molar-refractivity contribution in [2.24, 2.45) is 0 Å². The van der Waals surface area contributed by atoms with Gasteiger partial charge >= 0.3 is 6.18 Å². The van der Waals surface area contributed by atoms with E-state index in [1.165, 1.54) is 30.5 Å². The Hall–Kier alpha value is -3.65. The van der Waals surface area contributed by atoms with E-state index in [9.17, 15) is 22.8 Å². The molecule has 0 radical (unpaired) electrons. The van der Waals surface area contributed by atoms with Crippen LogP contribution in [0.15, 0.2) is 62.0 Å². The number of nitrogens with zero attached hydrogens (tertiary/aromatic N) is 3. The van der Waals surface area contributed by atoms with E-state index < -0.39 is 23.6 Å². The minimum Gasteiger partial charge on any atom is -0.461 e. The number of para-hydroxylation sites is 1. The van der Waals surface area contributed by atoms with Crippen molar-refractivity contribution in [1.29, 1.82) is 0 Å². The number of rotatable bonds is 7. The van der Waals surface area contributed by atoms with Crippen LogP contribution < -0.4 is 10.6 Å². The van der Waals surface area contributed by atoms with Crippen LogP contribution in [0.4, 0.5) is 24.0 Å². The monoisotopic (exact) mass is 495 g/mol. The molecule has 170 valence electrons. The van der Waals surface area contributed by atoms with E-state index in [-0.39, 0.29) is 28.0 Å². The standard InChI is InChI=1S/C19H12F3N5O4S2/c20-19(21,22)10-4-1-2-5-11(10)23-15(28)9-32-18-26-25-17(33-18)24-16(29)12-8-14(31-27-12)13-6-3-7-30-13/h1-8H,9H2,(H,23,28)(H,24,25,29). The second-order valence-electron chi connectivity index (χ2n) is 6.26. The first-order chi connectivity index (χ1) is 15.8. The van der Waals surface area contributed by atoms with E-state index >= 15 is 0 Å². The first-order valence-corrected chi connectivity index (χ1v) is 10.8. The van der Waals surface area contributed by atoms with Crippen molar-refractivity contribution in [3.63, 3.8) is 0 Å². The maximum Gasteiger partial charge on any atom is 0.418 e. The molecule has 2 N–H and O–H groups in total. The molecular weight excluding hydrogens is 483 g/mol. The summed E-state index contributed by atoms with van der Waals surface area (Å²) >= 11 is 1.95. The Bertz CT molecular complexity index is 1270. The number of nitrogens with one attached hydrogen (secondary N) is 2. The summed E-state index contributed by atoms with van der Waals surface area (Å²) in [4.78, 5) is 24.4. The third-order valence-corrected chi connectivity index (χ3v) is 5.94. The van der Waals surface area contributed by atoms with Crippen molar-refractivity contribution < 1.29 is 31.7 Å². The molecule has 33 heavy (non-hydrogen) atoms. The van der Waals surface area contributed by atoms with Gasteiger partial charge in [-0.05, 0) is 24.3 Å². The number of benzene rings is 1. The molecule has 0 aliphatic heterocycles. The number of halogens is 3. The summed E-state index contributed by atoms with van der Waals surface area (Å²) in [6.45, 7) is 0. The molecule has 4 rings (SSSR count). The highest BCUT2D eigenvalue weighted by Crippen LogP contribution is 2.35. The molecule has 0 saturated heterocycles. The van der Waals surface area contributed by atoms with Crippen LogP contribution in [0.5, 0.6) is 0 Å². The number of furan rings is 1. The van der Waals surface area contributed by atoms with Gasteiger partial charge in [-0.3, -0.25) is 14.9 Å². The van der Waals surface area contributed by atoms with E-state index in [1.807, 2.05) is 0 Å². The summed E-state index contributed by atoms with van der Waals surface area (Å²) in [5.41, 5.74) is -1.27. The zero-order valence-corrected chi connectivity index (χ0v) is 17.9. The summed E-state index contributed by atoms with van der Waals surface area (Å²) in [7, 11) is 0. The highest BCUT2D eigenvalue weighted by Gasteiger charge is 2.33. The molecule has 0 aliphatic rings. The minimum atomic E-state index is -4.59. The molecule has 0 aliphatic carbocycles. The van der Waals surface area contributed by atoms with Crippen molar-refractivity contribution >= 4 is 45.7 Å². The van der Waals surface area contributed by atoms with Crippen LogP contribution in [-0.2, 0) is 11.0 Å². The van der Waals surface area contributed by atoms with Gasteiger partial charge in [0.1, 0.15) is 0 Å². The zero-order chi connectivity index (χ0) is 23.4. The average molecular weight is 495 g/mol. The summed E-state index contributed by atoms with van der Waals surface area (Å²) in [5, 5.41) is 16.2. The molecule has 0 spiro atoms. The summed E-state index contributed by atoms with van der Waals surface area (Å²) in [6, 6.07) is 9.39. The van der Waals surface area contributed by atoms with Gasteiger partial charge in [0, 0.05) is 6.07 Å². The predicted octanol–water partition coefficient (Wildman–Crippen LogP) is 4.79. The topological polar surface area (TPSA) is 123 Å². The Morgan fingerprint density at radius 2 is 1.88 bits per heavy atom. The van der Waals surface area contributed by atoms with E-state index in [0.717, 1.165) is 29.2 Å². The molecule has 9 nitrogen and oxygen atoms in total. The number of carbonyl (C=O) groups excluding carboxylic acids is 2. The SMILES string of the molecule is O=C(CSc1nnc(NC(=O)c2cc(-c3ccco3)on2)s1)Nc1ccccc1C(F)(F)F. The van der Waals surface area contributed by atoms with Crippen LogP contribution in [-0.4, -0.2) is 32.9 Å². The zero-order valence-electron chi connectivity index (χ0n) is 16.3. The molecular formula is C19H12F3N5O4S2. The Morgan fingerprint density at radius 3 is 2.64 bits per heavy atom. The van der Waals surface area contributed by atoms with Gasteiger partial charge in [-0.25, -0.2) is 0 Å². The first-order valence-electron chi connectivity index (χ1n) is 9.04. The Morgan fingerprint density at radius 1 is 1.06 bits per heavy atom. The Kier molecular flexibility index (Phi) is 6.46. The van der Waals surface area contributed by atoms with Crippen LogP contribution >= 0.6 is 23.1 Å². The maximum absolute atomic E-state index is 13.0. The predicted molar refractivity (Wildman–Crippen MR) is 113 cm³/mol. The summed E-state index contributed by atoms with van der Waals surface area (Å²) in [5.74, 6) is -0.759. The summed E-state index contributed by atoms with van der Waals surface area (Å²) in [6.07, 6.45) is -3.14. The van der Waals surface area contributed by atoms with Gasteiger partial charge in [0.05, 0.1) is 23.3 Å². The number of aromatic nitrogens is 3. The quantitative estimate of drug-likeness (QED) is 0.277. The molecule has 3 heterocycles. The second-order valence-corrected chi connectivity index (χ2v) is 8.46. The van der Waals surface area contributed by atoms with Crippen molar-refractivity contribution in [2.45, 2.75) is 10.5 Å². The fourth-order valence-corrected chi connectivity index (χ4v) is 4.10. The van der Waals surface area contributed by atoms with Crippen molar-refractivity contribution in [2.75, 3.05) is 16.4 Å². The third kappa shape index (κ3) is 5.59. The first kappa shape index (κ1) is 22.5. The lowest BCUT2D eigenvalue weighted by Crippen LogP contribution is -2.18. The van der Waals surface area contributed by atoms with Gasteiger partial charge in [-0.15, -0.1) is 10.2 Å². The number of alkyl halides is 3. The minimum absolute atomic E-state index is 0.00601.